The minimum atomic E-state index is 0.417. The van der Waals surface area contributed by atoms with E-state index in [0.29, 0.717) is 12.3 Å². The Bertz CT molecular complexity index is 420. The second-order valence-electron chi connectivity index (χ2n) is 3.04. The number of aromatic nitrogens is 2. The largest absolute Gasteiger partial charge is 0.473 e. The molecule has 1 heterocycles. The van der Waals surface area contributed by atoms with Crippen LogP contribution in [-0.2, 0) is 6.73 Å². The van der Waals surface area contributed by atoms with E-state index in [1.54, 1.807) is 36.8 Å². The average Bonchev–Trinajstić information content (AvgIpc) is 2.80. The van der Waals surface area contributed by atoms with Crippen LogP contribution in [0.2, 0.25) is 0 Å². The van der Waals surface area contributed by atoms with Crippen LogP contribution in [0.4, 0.5) is 0 Å². The monoisotopic (exact) mass is 202 g/mol. The highest BCUT2D eigenvalue weighted by Crippen LogP contribution is 2.11. The standard InChI is InChI=1S/C11H10N2O2/c14-7-10-1-3-11(4-2-10)15-9-13-6-5-12-8-13/h1-8H,9H2. The predicted octanol–water partition coefficient (Wildman–Crippen LogP) is 1.73. The van der Waals surface area contributed by atoms with Crippen LogP contribution in [0, 0.1) is 0 Å². The van der Waals surface area contributed by atoms with Gasteiger partial charge in [-0.15, -0.1) is 0 Å². The number of carbonyl (C=O) groups excluding carboxylic acids is 1. The second-order valence-corrected chi connectivity index (χ2v) is 3.04. The molecule has 2 aromatic rings. The van der Waals surface area contributed by atoms with Crippen molar-refractivity contribution in [3.05, 3.63) is 48.5 Å². The minimum absolute atomic E-state index is 0.417. The first-order valence-electron chi connectivity index (χ1n) is 4.52. The molecule has 0 unspecified atom stereocenters. The van der Waals surface area contributed by atoms with Gasteiger partial charge in [0, 0.05) is 18.0 Å². The van der Waals surface area contributed by atoms with Gasteiger partial charge >= 0.3 is 0 Å². The zero-order chi connectivity index (χ0) is 10.5. The van der Waals surface area contributed by atoms with E-state index in [2.05, 4.69) is 4.98 Å². The van der Waals surface area contributed by atoms with Gasteiger partial charge in [0.05, 0.1) is 6.33 Å². The van der Waals surface area contributed by atoms with Gasteiger partial charge in [0.2, 0.25) is 0 Å². The highest BCUT2D eigenvalue weighted by molar-refractivity contribution is 5.74. The quantitative estimate of drug-likeness (QED) is 0.709. The van der Waals surface area contributed by atoms with Crippen LogP contribution in [0.25, 0.3) is 0 Å². The van der Waals surface area contributed by atoms with Gasteiger partial charge in [-0.25, -0.2) is 4.98 Å². The molecule has 0 fully saturated rings. The summed E-state index contributed by atoms with van der Waals surface area (Å²) >= 11 is 0. The summed E-state index contributed by atoms with van der Waals surface area (Å²) in [5, 5.41) is 0. The molecule has 0 spiro atoms. The van der Waals surface area contributed by atoms with Crippen molar-refractivity contribution in [2.45, 2.75) is 6.73 Å². The van der Waals surface area contributed by atoms with E-state index in [1.807, 2.05) is 10.8 Å². The number of hydrogen-bond donors (Lipinski definition) is 0. The van der Waals surface area contributed by atoms with Crippen molar-refractivity contribution in [2.75, 3.05) is 0 Å². The Kier molecular flexibility index (Phi) is 2.78. The predicted molar refractivity (Wildman–Crippen MR) is 54.7 cm³/mol. The number of imidazole rings is 1. The molecule has 15 heavy (non-hydrogen) atoms. The van der Waals surface area contributed by atoms with Crippen LogP contribution < -0.4 is 4.74 Å². The Labute approximate surface area is 87.1 Å². The summed E-state index contributed by atoms with van der Waals surface area (Å²) in [6, 6.07) is 6.97. The first-order valence-corrected chi connectivity index (χ1v) is 4.52. The van der Waals surface area contributed by atoms with Gasteiger partial charge in [0.15, 0.2) is 6.73 Å². The summed E-state index contributed by atoms with van der Waals surface area (Å²) in [6.45, 7) is 0.417. The topological polar surface area (TPSA) is 44.1 Å². The summed E-state index contributed by atoms with van der Waals surface area (Å²) in [7, 11) is 0. The summed E-state index contributed by atoms with van der Waals surface area (Å²) in [5.74, 6) is 0.731. The van der Waals surface area contributed by atoms with Crippen molar-refractivity contribution in [1.82, 2.24) is 9.55 Å². The first-order chi connectivity index (χ1) is 7.38. The number of carbonyl (C=O) groups is 1. The van der Waals surface area contributed by atoms with Gasteiger partial charge in [-0.2, -0.15) is 0 Å². The molecule has 76 valence electrons. The third-order valence-corrected chi connectivity index (χ3v) is 1.96. The molecule has 0 aliphatic heterocycles. The number of benzene rings is 1. The molecule has 0 N–H and O–H groups in total. The van der Waals surface area contributed by atoms with E-state index in [4.69, 9.17) is 4.74 Å². The van der Waals surface area contributed by atoms with E-state index >= 15 is 0 Å². The zero-order valence-corrected chi connectivity index (χ0v) is 8.04. The lowest BCUT2D eigenvalue weighted by Gasteiger charge is -2.06. The number of rotatable bonds is 4. The van der Waals surface area contributed by atoms with Gasteiger partial charge in [-0.1, -0.05) is 0 Å². The average molecular weight is 202 g/mol. The van der Waals surface area contributed by atoms with Gasteiger partial charge in [-0.3, -0.25) is 4.79 Å². The van der Waals surface area contributed by atoms with E-state index in [-0.39, 0.29) is 0 Å². The van der Waals surface area contributed by atoms with Crippen molar-refractivity contribution >= 4 is 6.29 Å². The van der Waals surface area contributed by atoms with Gasteiger partial charge < -0.3 is 9.30 Å². The van der Waals surface area contributed by atoms with E-state index in [1.165, 1.54) is 0 Å². The molecule has 4 nitrogen and oxygen atoms in total. The van der Waals surface area contributed by atoms with Crippen LogP contribution in [0.3, 0.4) is 0 Å². The lowest BCUT2D eigenvalue weighted by atomic mass is 10.2. The third-order valence-electron chi connectivity index (χ3n) is 1.96. The molecule has 0 atom stereocenters. The molecule has 4 heteroatoms. The fraction of sp³-hybridized carbons (Fsp3) is 0.0909. The highest BCUT2D eigenvalue weighted by Gasteiger charge is 1.94. The van der Waals surface area contributed by atoms with Crippen LogP contribution >= 0.6 is 0 Å². The lowest BCUT2D eigenvalue weighted by Crippen LogP contribution is -2.02. The van der Waals surface area contributed by atoms with Crippen molar-refractivity contribution in [3.8, 4) is 5.75 Å². The molecule has 0 aliphatic rings. The smallest absolute Gasteiger partial charge is 0.165 e. The van der Waals surface area contributed by atoms with Crippen LogP contribution in [0.1, 0.15) is 10.4 Å². The number of aldehydes is 1. The van der Waals surface area contributed by atoms with Gasteiger partial charge in [0.1, 0.15) is 12.0 Å². The molecule has 0 radical (unpaired) electrons. The Morgan fingerprint density at radius 3 is 2.73 bits per heavy atom. The number of nitrogens with zero attached hydrogens (tertiary/aromatic N) is 2. The maximum absolute atomic E-state index is 10.4. The van der Waals surface area contributed by atoms with Gasteiger partial charge in [-0.05, 0) is 24.3 Å². The Balaban J connectivity index is 1.96. The fourth-order valence-corrected chi connectivity index (χ4v) is 1.15. The van der Waals surface area contributed by atoms with Crippen LogP contribution in [0.15, 0.2) is 43.0 Å². The Morgan fingerprint density at radius 1 is 1.33 bits per heavy atom. The third kappa shape index (κ3) is 2.43. The van der Waals surface area contributed by atoms with Crippen molar-refractivity contribution in [3.63, 3.8) is 0 Å². The number of hydrogen-bond acceptors (Lipinski definition) is 3. The molecule has 0 saturated heterocycles. The molecular weight excluding hydrogens is 192 g/mol. The van der Waals surface area contributed by atoms with E-state index in [0.717, 1.165) is 12.0 Å². The molecule has 1 aromatic carbocycles. The minimum Gasteiger partial charge on any atom is -0.473 e. The molecule has 0 bridgehead atoms. The molecule has 0 amide bonds. The Hall–Kier alpha value is -2.10. The SMILES string of the molecule is O=Cc1ccc(OCn2ccnc2)cc1. The molecule has 2 rings (SSSR count). The summed E-state index contributed by atoms with van der Waals surface area (Å²) in [4.78, 5) is 14.3. The summed E-state index contributed by atoms with van der Waals surface area (Å²) in [6.07, 6.45) is 6.00. The van der Waals surface area contributed by atoms with Crippen LogP contribution in [-0.4, -0.2) is 15.8 Å². The van der Waals surface area contributed by atoms with E-state index in [9.17, 15) is 4.79 Å². The van der Waals surface area contributed by atoms with Crippen molar-refractivity contribution < 1.29 is 9.53 Å². The zero-order valence-electron chi connectivity index (χ0n) is 8.04. The molecule has 0 saturated carbocycles. The normalized spacial score (nSPS) is 9.87. The van der Waals surface area contributed by atoms with Crippen molar-refractivity contribution in [1.29, 1.82) is 0 Å². The molecular formula is C11H10N2O2. The van der Waals surface area contributed by atoms with Crippen molar-refractivity contribution in [2.24, 2.45) is 0 Å². The highest BCUT2D eigenvalue weighted by atomic mass is 16.5. The fourth-order valence-electron chi connectivity index (χ4n) is 1.15. The molecule has 0 aliphatic carbocycles. The second kappa shape index (κ2) is 4.41. The van der Waals surface area contributed by atoms with Gasteiger partial charge in [0.25, 0.3) is 0 Å². The van der Waals surface area contributed by atoms with Crippen LogP contribution in [0.5, 0.6) is 5.75 Å². The maximum atomic E-state index is 10.4. The van der Waals surface area contributed by atoms with E-state index < -0.39 is 0 Å². The number of ether oxygens (including phenoxy) is 1. The summed E-state index contributed by atoms with van der Waals surface area (Å²) < 4.78 is 7.27. The lowest BCUT2D eigenvalue weighted by molar-refractivity contribution is 0.112. The summed E-state index contributed by atoms with van der Waals surface area (Å²) in [5.41, 5.74) is 0.644. The Morgan fingerprint density at radius 2 is 2.13 bits per heavy atom. The first kappa shape index (κ1) is 9.45. The molecule has 1 aromatic heterocycles. The maximum Gasteiger partial charge on any atom is 0.165 e.